The third kappa shape index (κ3) is 5.11. The molecule has 1 aromatic carbocycles. The van der Waals surface area contributed by atoms with E-state index >= 15 is 0 Å². The van der Waals surface area contributed by atoms with E-state index < -0.39 is 0 Å². The van der Waals surface area contributed by atoms with E-state index in [1.807, 2.05) is 66.9 Å². The molecule has 26 heavy (non-hydrogen) atoms. The molecule has 1 N–H and O–H groups in total. The molecule has 1 aliphatic heterocycles. The summed E-state index contributed by atoms with van der Waals surface area (Å²) in [6.45, 7) is 8.59. The van der Waals surface area contributed by atoms with Crippen LogP contribution in [0.3, 0.4) is 0 Å². The molecule has 7 nitrogen and oxygen atoms in total. The molecular weight excluding hydrogens is 330 g/mol. The number of carbonyl (C=O) groups excluding carboxylic acids is 2. The Balaban J connectivity index is 1.86. The lowest BCUT2D eigenvalue weighted by Gasteiger charge is -2.35. The lowest BCUT2D eigenvalue weighted by Crippen LogP contribution is -2.52. The van der Waals surface area contributed by atoms with Gasteiger partial charge in [-0.3, -0.25) is 9.69 Å². The maximum Gasteiger partial charge on any atom is 0.321 e. The second-order valence-electron chi connectivity index (χ2n) is 6.67. The first-order chi connectivity index (χ1) is 12.5. The maximum atomic E-state index is 12.6. The van der Waals surface area contributed by atoms with Crippen LogP contribution in [0.4, 0.5) is 16.2 Å². The van der Waals surface area contributed by atoms with Crippen LogP contribution in [0.2, 0.25) is 0 Å². The van der Waals surface area contributed by atoms with Crippen molar-refractivity contribution < 1.29 is 9.59 Å². The van der Waals surface area contributed by atoms with Crippen LogP contribution in [0.5, 0.6) is 0 Å². The highest BCUT2D eigenvalue weighted by Gasteiger charge is 2.24. The van der Waals surface area contributed by atoms with Crippen molar-refractivity contribution >= 4 is 23.3 Å². The fraction of sp³-hybridized carbons (Fsp3) is 0.579. The number of anilines is 2. The van der Waals surface area contributed by atoms with Crippen LogP contribution in [0.1, 0.15) is 13.8 Å². The SMILES string of the molecule is CCN(CC)C(=O)CN1CCN(C(=O)Nc2ccccc2N(C)C)CC1. The van der Waals surface area contributed by atoms with Gasteiger partial charge in [-0.25, -0.2) is 4.79 Å². The Morgan fingerprint density at radius 1 is 1.04 bits per heavy atom. The van der Waals surface area contributed by atoms with Gasteiger partial charge in [-0.2, -0.15) is 0 Å². The zero-order valence-corrected chi connectivity index (χ0v) is 16.4. The number of benzene rings is 1. The number of carbonyl (C=O) groups is 2. The van der Waals surface area contributed by atoms with Crippen LogP contribution in [-0.4, -0.2) is 86.5 Å². The molecule has 0 unspecified atom stereocenters. The summed E-state index contributed by atoms with van der Waals surface area (Å²) in [5.41, 5.74) is 1.78. The van der Waals surface area contributed by atoms with Crippen molar-refractivity contribution in [1.82, 2.24) is 14.7 Å². The Morgan fingerprint density at radius 2 is 1.65 bits per heavy atom. The van der Waals surface area contributed by atoms with Gasteiger partial charge in [-0.05, 0) is 26.0 Å². The molecule has 1 saturated heterocycles. The minimum atomic E-state index is -0.0889. The number of amides is 3. The number of piperazine rings is 1. The molecule has 1 fully saturated rings. The van der Waals surface area contributed by atoms with Crippen molar-refractivity contribution in [1.29, 1.82) is 0 Å². The standard InChI is InChI=1S/C19H31N5O2/c1-5-23(6-2)18(25)15-22-11-13-24(14-12-22)19(26)20-16-9-7-8-10-17(16)21(3)4/h7-10H,5-6,11-15H2,1-4H3,(H,20,26). The Bertz CT molecular complexity index is 608. The minimum Gasteiger partial charge on any atom is -0.376 e. The Kier molecular flexibility index (Phi) is 7.26. The summed E-state index contributed by atoms with van der Waals surface area (Å²) in [6, 6.07) is 7.67. The normalized spacial score (nSPS) is 14.8. The molecule has 0 aliphatic carbocycles. The summed E-state index contributed by atoms with van der Waals surface area (Å²) < 4.78 is 0. The average Bonchev–Trinajstić information content (AvgIpc) is 2.63. The molecule has 144 valence electrons. The number of hydrogen-bond donors (Lipinski definition) is 1. The van der Waals surface area contributed by atoms with Crippen molar-refractivity contribution in [2.24, 2.45) is 0 Å². The van der Waals surface area contributed by atoms with Crippen LogP contribution in [0.25, 0.3) is 0 Å². The van der Waals surface area contributed by atoms with Crippen molar-refractivity contribution in [2.75, 3.05) is 70.1 Å². The molecule has 7 heteroatoms. The third-order valence-corrected chi connectivity index (χ3v) is 4.76. The number of nitrogens with zero attached hydrogens (tertiary/aromatic N) is 4. The Hall–Kier alpha value is -2.28. The van der Waals surface area contributed by atoms with Gasteiger partial charge in [0.2, 0.25) is 5.91 Å². The fourth-order valence-corrected chi connectivity index (χ4v) is 3.14. The quantitative estimate of drug-likeness (QED) is 0.839. The zero-order chi connectivity index (χ0) is 19.1. The molecule has 0 spiro atoms. The van der Waals surface area contributed by atoms with E-state index in [0.717, 1.165) is 37.6 Å². The summed E-state index contributed by atoms with van der Waals surface area (Å²) >= 11 is 0. The van der Waals surface area contributed by atoms with Crippen molar-refractivity contribution in [3.63, 3.8) is 0 Å². The molecule has 0 bridgehead atoms. The second kappa shape index (κ2) is 9.43. The summed E-state index contributed by atoms with van der Waals surface area (Å²) in [5.74, 6) is 0.160. The molecule has 1 heterocycles. The molecular formula is C19H31N5O2. The fourth-order valence-electron chi connectivity index (χ4n) is 3.14. The number of urea groups is 1. The first kappa shape index (κ1) is 20.0. The lowest BCUT2D eigenvalue weighted by atomic mass is 10.2. The van der Waals surface area contributed by atoms with Crippen LogP contribution < -0.4 is 10.2 Å². The van der Waals surface area contributed by atoms with Crippen molar-refractivity contribution in [2.45, 2.75) is 13.8 Å². The van der Waals surface area contributed by atoms with E-state index in [-0.39, 0.29) is 11.9 Å². The third-order valence-electron chi connectivity index (χ3n) is 4.76. The summed E-state index contributed by atoms with van der Waals surface area (Å²) in [4.78, 5) is 32.5. The predicted octanol–water partition coefficient (Wildman–Crippen LogP) is 1.77. The van der Waals surface area contributed by atoms with Gasteiger partial charge in [0.1, 0.15) is 0 Å². The lowest BCUT2D eigenvalue weighted by molar-refractivity contribution is -0.132. The highest BCUT2D eigenvalue weighted by atomic mass is 16.2. The molecule has 3 amide bonds. The van der Waals surface area contributed by atoms with Crippen LogP contribution >= 0.6 is 0 Å². The van der Waals surface area contributed by atoms with Gasteiger partial charge in [0, 0.05) is 53.4 Å². The minimum absolute atomic E-state index is 0.0889. The average molecular weight is 361 g/mol. The van der Waals surface area contributed by atoms with Gasteiger partial charge in [0.25, 0.3) is 0 Å². The molecule has 0 atom stereocenters. The van der Waals surface area contributed by atoms with E-state index in [1.54, 1.807) is 0 Å². The largest absolute Gasteiger partial charge is 0.376 e. The monoisotopic (exact) mass is 361 g/mol. The van der Waals surface area contributed by atoms with Gasteiger partial charge < -0.3 is 20.0 Å². The van der Waals surface area contributed by atoms with Crippen LogP contribution in [-0.2, 0) is 4.79 Å². The number of nitrogens with one attached hydrogen (secondary N) is 1. The molecule has 0 saturated carbocycles. The maximum absolute atomic E-state index is 12.6. The molecule has 1 aliphatic rings. The highest BCUT2D eigenvalue weighted by molar-refractivity contribution is 5.93. The Morgan fingerprint density at radius 3 is 2.23 bits per heavy atom. The van der Waals surface area contributed by atoms with Gasteiger partial charge in [-0.15, -0.1) is 0 Å². The number of likely N-dealkylation sites (N-methyl/N-ethyl adjacent to an activating group) is 1. The van der Waals surface area contributed by atoms with E-state index in [1.165, 1.54) is 0 Å². The van der Waals surface area contributed by atoms with Crippen LogP contribution in [0.15, 0.2) is 24.3 Å². The number of hydrogen-bond acceptors (Lipinski definition) is 4. The predicted molar refractivity (Wildman–Crippen MR) is 106 cm³/mol. The molecule has 2 rings (SSSR count). The van der Waals surface area contributed by atoms with Gasteiger partial charge in [0.05, 0.1) is 17.9 Å². The zero-order valence-electron chi connectivity index (χ0n) is 16.4. The van der Waals surface area contributed by atoms with Gasteiger partial charge in [0.15, 0.2) is 0 Å². The van der Waals surface area contributed by atoms with Gasteiger partial charge in [-0.1, -0.05) is 12.1 Å². The van der Waals surface area contributed by atoms with E-state index in [9.17, 15) is 9.59 Å². The number of para-hydroxylation sites is 2. The van der Waals surface area contributed by atoms with E-state index in [0.29, 0.717) is 19.6 Å². The first-order valence-electron chi connectivity index (χ1n) is 9.28. The first-order valence-corrected chi connectivity index (χ1v) is 9.28. The van der Waals surface area contributed by atoms with Crippen molar-refractivity contribution in [3.05, 3.63) is 24.3 Å². The molecule has 1 aromatic rings. The topological polar surface area (TPSA) is 59.1 Å². The molecule has 0 radical (unpaired) electrons. The van der Waals surface area contributed by atoms with Gasteiger partial charge >= 0.3 is 6.03 Å². The summed E-state index contributed by atoms with van der Waals surface area (Å²) in [5, 5.41) is 3.01. The van der Waals surface area contributed by atoms with E-state index in [2.05, 4.69) is 10.2 Å². The Labute approximate surface area is 156 Å². The van der Waals surface area contributed by atoms with Crippen LogP contribution in [0, 0.1) is 0 Å². The molecule has 0 aromatic heterocycles. The number of rotatable bonds is 6. The smallest absolute Gasteiger partial charge is 0.321 e. The summed E-state index contributed by atoms with van der Waals surface area (Å²) in [6.07, 6.45) is 0. The second-order valence-corrected chi connectivity index (χ2v) is 6.67. The van der Waals surface area contributed by atoms with Crippen molar-refractivity contribution in [3.8, 4) is 0 Å². The highest BCUT2D eigenvalue weighted by Crippen LogP contribution is 2.23. The summed E-state index contributed by atoms with van der Waals surface area (Å²) in [7, 11) is 3.91. The van der Waals surface area contributed by atoms with E-state index in [4.69, 9.17) is 0 Å².